The van der Waals surface area contributed by atoms with E-state index in [1.54, 1.807) is 33.0 Å². The second kappa shape index (κ2) is 6.53. The molecule has 0 heterocycles. The first-order chi connectivity index (χ1) is 8.85. The summed E-state index contributed by atoms with van der Waals surface area (Å²) in [4.78, 5) is 11.3. The van der Waals surface area contributed by atoms with Gasteiger partial charge in [-0.05, 0) is 38.1 Å². The molecule has 0 saturated carbocycles. The number of likely N-dealkylation sites (N-methyl/N-ethyl adjacent to an activating group) is 1. The first kappa shape index (κ1) is 15.5. The zero-order valence-corrected chi connectivity index (χ0v) is 12.0. The summed E-state index contributed by atoms with van der Waals surface area (Å²) in [6, 6.07) is 6.08. The zero-order valence-electron chi connectivity index (χ0n) is 11.2. The fourth-order valence-corrected chi connectivity index (χ4v) is 2.65. The van der Waals surface area contributed by atoms with E-state index in [0.717, 1.165) is 0 Å². The lowest BCUT2D eigenvalue weighted by Gasteiger charge is -2.10. The van der Waals surface area contributed by atoms with Gasteiger partial charge < -0.3 is 10.6 Å². The molecule has 1 aromatic rings. The van der Waals surface area contributed by atoms with E-state index in [9.17, 15) is 13.2 Å². The van der Waals surface area contributed by atoms with Crippen LogP contribution in [0.25, 0.3) is 0 Å². The average Bonchev–Trinajstić information content (AvgIpc) is 2.35. The molecule has 0 spiro atoms. The van der Waals surface area contributed by atoms with Crippen molar-refractivity contribution in [2.75, 3.05) is 18.9 Å². The molecular weight excluding hydrogens is 266 g/mol. The van der Waals surface area contributed by atoms with Crippen LogP contribution in [0.2, 0.25) is 0 Å². The van der Waals surface area contributed by atoms with Gasteiger partial charge in [0.05, 0.1) is 11.4 Å². The molecule has 6 nitrogen and oxygen atoms in total. The molecular formula is C12H19N3O3S. The number of amides is 1. The highest BCUT2D eigenvalue weighted by Crippen LogP contribution is 2.14. The van der Waals surface area contributed by atoms with E-state index in [-0.39, 0.29) is 23.4 Å². The maximum atomic E-state index is 11.9. The number of nitrogens with one attached hydrogen (secondary N) is 3. The normalized spacial score (nSPS) is 11.4. The number of hydrogen-bond acceptors (Lipinski definition) is 4. The van der Waals surface area contributed by atoms with Crippen molar-refractivity contribution in [3.8, 4) is 0 Å². The molecule has 0 aliphatic heterocycles. The fourth-order valence-electron chi connectivity index (χ4n) is 1.40. The number of carbonyl (C=O) groups is 1. The Bertz CT molecular complexity index is 524. The van der Waals surface area contributed by atoms with Gasteiger partial charge in [0, 0.05) is 18.8 Å². The molecule has 3 N–H and O–H groups in total. The van der Waals surface area contributed by atoms with Crippen LogP contribution < -0.4 is 15.4 Å². The van der Waals surface area contributed by atoms with E-state index in [1.807, 2.05) is 0 Å². The Morgan fingerprint density at radius 3 is 2.26 bits per heavy atom. The minimum absolute atomic E-state index is 0.141. The van der Waals surface area contributed by atoms with Gasteiger partial charge in [-0.2, -0.15) is 0 Å². The topological polar surface area (TPSA) is 87.3 Å². The van der Waals surface area contributed by atoms with Crippen LogP contribution in [-0.2, 0) is 14.8 Å². The van der Waals surface area contributed by atoms with E-state index in [2.05, 4.69) is 15.4 Å². The zero-order chi connectivity index (χ0) is 14.5. The molecule has 0 bridgehead atoms. The smallest absolute Gasteiger partial charge is 0.240 e. The van der Waals surface area contributed by atoms with E-state index in [0.29, 0.717) is 5.69 Å². The predicted molar refractivity (Wildman–Crippen MR) is 74.5 cm³/mol. The van der Waals surface area contributed by atoms with Gasteiger partial charge in [0.1, 0.15) is 0 Å². The van der Waals surface area contributed by atoms with Crippen molar-refractivity contribution in [3.05, 3.63) is 24.3 Å². The Balaban J connectivity index is 2.74. The van der Waals surface area contributed by atoms with Gasteiger partial charge in [-0.25, -0.2) is 13.1 Å². The van der Waals surface area contributed by atoms with E-state index >= 15 is 0 Å². The number of carbonyl (C=O) groups excluding carboxylic acids is 1. The van der Waals surface area contributed by atoms with E-state index in [1.165, 1.54) is 12.1 Å². The van der Waals surface area contributed by atoms with Crippen LogP contribution in [-0.4, -0.2) is 34.0 Å². The number of rotatable bonds is 6. The molecule has 0 atom stereocenters. The van der Waals surface area contributed by atoms with Crippen LogP contribution in [0.3, 0.4) is 0 Å². The molecule has 1 amide bonds. The molecule has 1 rings (SSSR count). The van der Waals surface area contributed by atoms with Gasteiger partial charge in [0.15, 0.2) is 0 Å². The summed E-state index contributed by atoms with van der Waals surface area (Å²) < 4.78 is 26.2. The SMILES string of the molecule is CNC(=O)CNc1ccc(S(=O)(=O)NC(C)C)cc1. The molecule has 0 saturated heterocycles. The standard InChI is InChI=1S/C12H19N3O3S/c1-9(2)15-19(17,18)11-6-4-10(5-7-11)14-8-12(16)13-3/h4-7,9,14-15H,8H2,1-3H3,(H,13,16). The van der Waals surface area contributed by atoms with Gasteiger partial charge in [-0.3, -0.25) is 4.79 Å². The van der Waals surface area contributed by atoms with Crippen molar-refractivity contribution in [1.29, 1.82) is 0 Å². The molecule has 0 aliphatic rings. The minimum Gasteiger partial charge on any atom is -0.376 e. The number of anilines is 1. The third-order valence-electron chi connectivity index (χ3n) is 2.29. The summed E-state index contributed by atoms with van der Waals surface area (Å²) in [7, 11) is -1.92. The summed E-state index contributed by atoms with van der Waals surface area (Å²) in [5, 5.41) is 5.37. The van der Waals surface area contributed by atoms with E-state index < -0.39 is 10.0 Å². The summed E-state index contributed by atoms with van der Waals surface area (Å²) in [6.07, 6.45) is 0. The highest BCUT2D eigenvalue weighted by atomic mass is 32.2. The van der Waals surface area contributed by atoms with Crippen LogP contribution in [0.5, 0.6) is 0 Å². The second-order valence-corrected chi connectivity index (χ2v) is 6.04. The van der Waals surface area contributed by atoms with Crippen LogP contribution in [0.15, 0.2) is 29.2 Å². The van der Waals surface area contributed by atoms with Crippen molar-refractivity contribution < 1.29 is 13.2 Å². The molecule has 0 radical (unpaired) electrons. The molecule has 106 valence electrons. The number of hydrogen-bond donors (Lipinski definition) is 3. The van der Waals surface area contributed by atoms with Gasteiger partial charge in [-0.15, -0.1) is 0 Å². The van der Waals surface area contributed by atoms with Gasteiger partial charge in [-0.1, -0.05) is 0 Å². The Morgan fingerprint density at radius 1 is 1.21 bits per heavy atom. The summed E-state index contributed by atoms with van der Waals surface area (Å²) in [6.45, 7) is 3.67. The lowest BCUT2D eigenvalue weighted by molar-refractivity contribution is -0.118. The first-order valence-corrected chi connectivity index (χ1v) is 7.40. The predicted octanol–water partition coefficient (Wildman–Crippen LogP) is 0.531. The quantitative estimate of drug-likeness (QED) is 0.711. The number of sulfonamides is 1. The maximum Gasteiger partial charge on any atom is 0.240 e. The molecule has 0 aromatic heterocycles. The summed E-state index contributed by atoms with van der Waals surface area (Å²) >= 11 is 0. The fraction of sp³-hybridized carbons (Fsp3) is 0.417. The molecule has 19 heavy (non-hydrogen) atoms. The van der Waals surface area contributed by atoms with Gasteiger partial charge in [0.2, 0.25) is 15.9 Å². The Hall–Kier alpha value is -1.60. The average molecular weight is 285 g/mol. The lowest BCUT2D eigenvalue weighted by atomic mass is 10.3. The molecule has 0 unspecified atom stereocenters. The highest BCUT2D eigenvalue weighted by Gasteiger charge is 2.14. The Morgan fingerprint density at radius 2 is 1.79 bits per heavy atom. The lowest BCUT2D eigenvalue weighted by Crippen LogP contribution is -2.30. The molecule has 1 aromatic carbocycles. The second-order valence-electron chi connectivity index (χ2n) is 4.33. The molecule has 0 aliphatic carbocycles. The Labute approximate surface area is 113 Å². The van der Waals surface area contributed by atoms with Crippen molar-refractivity contribution >= 4 is 21.6 Å². The third kappa shape index (κ3) is 4.88. The van der Waals surface area contributed by atoms with Crippen LogP contribution in [0, 0.1) is 0 Å². The Kier molecular flexibility index (Phi) is 5.31. The van der Waals surface area contributed by atoms with Crippen molar-refractivity contribution in [2.45, 2.75) is 24.8 Å². The third-order valence-corrected chi connectivity index (χ3v) is 3.96. The van der Waals surface area contributed by atoms with Gasteiger partial charge in [0.25, 0.3) is 0 Å². The first-order valence-electron chi connectivity index (χ1n) is 5.92. The van der Waals surface area contributed by atoms with Crippen molar-refractivity contribution in [3.63, 3.8) is 0 Å². The van der Waals surface area contributed by atoms with Crippen molar-refractivity contribution in [2.24, 2.45) is 0 Å². The monoisotopic (exact) mass is 285 g/mol. The molecule has 0 fully saturated rings. The number of benzene rings is 1. The van der Waals surface area contributed by atoms with Gasteiger partial charge >= 0.3 is 0 Å². The summed E-state index contributed by atoms with van der Waals surface area (Å²) in [5.74, 6) is -0.141. The summed E-state index contributed by atoms with van der Waals surface area (Å²) in [5.41, 5.74) is 0.687. The van der Waals surface area contributed by atoms with Crippen LogP contribution >= 0.6 is 0 Å². The van der Waals surface area contributed by atoms with Crippen LogP contribution in [0.4, 0.5) is 5.69 Å². The molecule has 7 heteroatoms. The minimum atomic E-state index is -3.47. The van der Waals surface area contributed by atoms with Crippen molar-refractivity contribution in [1.82, 2.24) is 10.0 Å². The van der Waals surface area contributed by atoms with E-state index in [4.69, 9.17) is 0 Å². The highest BCUT2D eigenvalue weighted by molar-refractivity contribution is 7.89. The van der Waals surface area contributed by atoms with Crippen LogP contribution in [0.1, 0.15) is 13.8 Å². The maximum absolute atomic E-state index is 11.9. The largest absolute Gasteiger partial charge is 0.376 e.